The van der Waals surface area contributed by atoms with Crippen LogP contribution in [-0.2, 0) is 11.3 Å². The van der Waals surface area contributed by atoms with Gasteiger partial charge in [-0.25, -0.2) is 28.1 Å². The zero-order valence-corrected chi connectivity index (χ0v) is 42.6. The number of imidazole rings is 1. The second-order valence-electron chi connectivity index (χ2n) is 20.7. The maximum absolute atomic E-state index is 16.5. The molecule has 3 atom stereocenters. The predicted octanol–water partition coefficient (Wildman–Crippen LogP) is 7.24. The van der Waals surface area contributed by atoms with Gasteiger partial charge in [-0.05, 0) is 107 Å². The fourth-order valence-electron chi connectivity index (χ4n) is 10.7. The van der Waals surface area contributed by atoms with E-state index in [4.69, 9.17) is 20.1 Å². The van der Waals surface area contributed by atoms with Crippen LogP contribution in [0, 0.1) is 25.5 Å². The van der Waals surface area contributed by atoms with Gasteiger partial charge in [-0.15, -0.1) is 0 Å². The lowest BCUT2D eigenvalue weighted by molar-refractivity contribution is -0.127. The number of halogens is 2. The maximum Gasteiger partial charge on any atom is 0.355 e. The SMILES string of the molecule is C=C(CN(Cc1nc2ccc(C)cc2[nH]1)c1nc(N2C[C@@H](C)N[C@@H](C)C2)nc2c(C3CC3)cnn12)C(=O)N1CCN(c2nc(=O)n(-c3c(C)ccnc3C(C)C)c3nc(-c4c(O)cccc4F)c(F)cc23)[C@@H](C)C1. The van der Waals surface area contributed by atoms with Crippen molar-refractivity contribution in [2.75, 3.05) is 54.0 Å². The van der Waals surface area contributed by atoms with Gasteiger partial charge >= 0.3 is 5.69 Å². The van der Waals surface area contributed by atoms with Gasteiger partial charge in [0.25, 0.3) is 5.91 Å². The molecule has 0 spiro atoms. The van der Waals surface area contributed by atoms with E-state index in [0.717, 1.165) is 46.7 Å². The van der Waals surface area contributed by atoms with Crippen LogP contribution in [0.4, 0.5) is 26.5 Å². The number of aromatic nitrogens is 10. The second-order valence-corrected chi connectivity index (χ2v) is 20.7. The molecule has 8 heterocycles. The quantitative estimate of drug-likeness (QED) is 0.104. The van der Waals surface area contributed by atoms with E-state index in [0.29, 0.717) is 59.2 Å². The van der Waals surface area contributed by atoms with Crippen molar-refractivity contribution in [3.63, 3.8) is 0 Å². The fourth-order valence-corrected chi connectivity index (χ4v) is 10.7. The molecule has 2 aliphatic heterocycles. The lowest BCUT2D eigenvalue weighted by Crippen LogP contribution is -2.55. The summed E-state index contributed by atoms with van der Waals surface area (Å²) in [5.41, 5.74) is 4.99. The number of phenols is 1. The molecule has 20 heteroatoms. The number of fused-ring (bicyclic) bond motifs is 3. The number of phenolic OH excluding ortho intramolecular Hbond substituents is 1. The molecular formula is C54H59F2N15O3. The molecule has 0 radical (unpaired) electrons. The van der Waals surface area contributed by atoms with Gasteiger partial charge in [-0.3, -0.25) is 9.78 Å². The van der Waals surface area contributed by atoms with Gasteiger partial charge in [-0.1, -0.05) is 32.6 Å². The number of nitrogens with one attached hydrogen (secondary N) is 2. The zero-order valence-electron chi connectivity index (χ0n) is 42.6. The van der Waals surface area contributed by atoms with Crippen molar-refractivity contribution in [1.82, 2.24) is 59.3 Å². The third-order valence-electron chi connectivity index (χ3n) is 14.4. The standard InChI is InChI=1S/C54H59F2N15O3/c1-28(2)45-47(30(4)16-17-57-45)70-49-36(21-39(56)46(62-49)44-38(55)10-9-11-42(44)72)48(64-54(70)74)69-19-18-66(26-34(69)8)51(73)31(5)23-68(27-43-60-40-15-12-29(3)20-41(40)61-43)53-65-52(67-24-32(6)59-33(7)25-67)63-50-37(35-13-14-35)22-58-71(50)53/h9-12,15-17,20-22,28,32-35,59,72H,5,13-14,18-19,23-27H2,1-4,6-8H3,(H,60,61)/t32-,33+,34-/m0/s1. The summed E-state index contributed by atoms with van der Waals surface area (Å²) in [5, 5.41) is 19.4. The highest BCUT2D eigenvalue weighted by molar-refractivity contribution is 5.95. The van der Waals surface area contributed by atoms with Crippen LogP contribution in [0.1, 0.15) is 87.5 Å². The smallest absolute Gasteiger partial charge is 0.355 e. The van der Waals surface area contributed by atoms with Crippen LogP contribution in [0.15, 0.2) is 77.9 Å². The topological polar surface area (TPSA) is 195 Å². The van der Waals surface area contributed by atoms with Crippen LogP contribution >= 0.6 is 0 Å². The summed E-state index contributed by atoms with van der Waals surface area (Å²) < 4.78 is 35.0. The van der Waals surface area contributed by atoms with Crippen molar-refractivity contribution in [1.29, 1.82) is 0 Å². The Hall–Kier alpha value is -7.87. The molecule has 2 aromatic carbocycles. The molecule has 11 rings (SSSR count). The molecule has 0 unspecified atom stereocenters. The van der Waals surface area contributed by atoms with E-state index in [-0.39, 0.29) is 73.5 Å². The minimum atomic E-state index is -0.928. The molecule has 0 bridgehead atoms. The predicted molar refractivity (Wildman–Crippen MR) is 280 cm³/mol. The van der Waals surface area contributed by atoms with Crippen molar-refractivity contribution in [2.45, 2.75) is 97.8 Å². The number of carbonyl (C=O) groups excluding carboxylic acids is 1. The molecular weight excluding hydrogens is 945 g/mol. The van der Waals surface area contributed by atoms with E-state index < -0.39 is 40.4 Å². The van der Waals surface area contributed by atoms with Gasteiger partial charge in [0.2, 0.25) is 11.9 Å². The Morgan fingerprint density at radius 2 is 1.72 bits per heavy atom. The van der Waals surface area contributed by atoms with Crippen LogP contribution in [0.2, 0.25) is 0 Å². The third-order valence-corrected chi connectivity index (χ3v) is 14.4. The van der Waals surface area contributed by atoms with E-state index in [1.807, 2.05) is 62.7 Å². The Morgan fingerprint density at radius 1 is 0.932 bits per heavy atom. The maximum atomic E-state index is 16.5. The average Bonchev–Trinajstić information content (AvgIpc) is 4.00. The molecule has 382 valence electrons. The number of aryl methyl sites for hydroxylation is 2. The van der Waals surface area contributed by atoms with Gasteiger partial charge in [0, 0.05) is 68.2 Å². The molecule has 3 fully saturated rings. The Morgan fingerprint density at radius 3 is 2.45 bits per heavy atom. The highest BCUT2D eigenvalue weighted by atomic mass is 19.1. The number of rotatable bonds is 12. The molecule has 1 saturated carbocycles. The number of carbonyl (C=O) groups is 1. The van der Waals surface area contributed by atoms with Gasteiger partial charge in [0.05, 0.1) is 52.7 Å². The van der Waals surface area contributed by atoms with Crippen LogP contribution in [0.5, 0.6) is 5.75 Å². The second kappa shape index (κ2) is 18.9. The van der Waals surface area contributed by atoms with Gasteiger partial charge in [0.15, 0.2) is 17.1 Å². The number of piperazine rings is 2. The van der Waals surface area contributed by atoms with E-state index in [1.165, 1.54) is 22.8 Å². The Labute approximate surface area is 425 Å². The minimum absolute atomic E-state index is 0.000198. The average molecular weight is 1000 g/mol. The molecule has 1 aliphatic carbocycles. The largest absolute Gasteiger partial charge is 0.507 e. The van der Waals surface area contributed by atoms with E-state index >= 15 is 8.78 Å². The van der Waals surface area contributed by atoms with Crippen LogP contribution in [0.25, 0.3) is 44.7 Å². The summed E-state index contributed by atoms with van der Waals surface area (Å²) in [6.45, 7) is 20.7. The molecule has 18 nitrogen and oxygen atoms in total. The number of aromatic hydroxyl groups is 1. The van der Waals surface area contributed by atoms with Crippen LogP contribution < -0.4 is 25.7 Å². The lowest BCUT2D eigenvalue weighted by Gasteiger charge is -2.41. The summed E-state index contributed by atoms with van der Waals surface area (Å²) in [5.74, 6) is -0.471. The molecule has 2 saturated heterocycles. The van der Waals surface area contributed by atoms with E-state index in [1.54, 1.807) is 21.7 Å². The van der Waals surface area contributed by atoms with Crippen LogP contribution in [0.3, 0.4) is 0 Å². The van der Waals surface area contributed by atoms with Crippen LogP contribution in [-0.4, -0.2) is 122 Å². The van der Waals surface area contributed by atoms with E-state index in [2.05, 4.69) is 56.6 Å². The van der Waals surface area contributed by atoms with Gasteiger partial charge in [0.1, 0.15) is 28.9 Å². The molecule has 74 heavy (non-hydrogen) atoms. The normalized spacial score (nSPS) is 18.4. The van der Waals surface area contributed by atoms with Gasteiger partial charge in [-0.2, -0.15) is 24.6 Å². The van der Waals surface area contributed by atoms with Crippen molar-refractivity contribution < 1.29 is 18.7 Å². The first-order chi connectivity index (χ1) is 35.5. The molecule has 6 aromatic heterocycles. The molecule has 3 N–H and O–H groups in total. The number of nitrogens with zero attached hydrogens (tertiary/aromatic N) is 13. The lowest BCUT2D eigenvalue weighted by atomic mass is 10.0. The first-order valence-corrected chi connectivity index (χ1v) is 25.3. The number of hydrogen-bond acceptors (Lipinski definition) is 14. The monoisotopic (exact) mass is 1000 g/mol. The summed E-state index contributed by atoms with van der Waals surface area (Å²) in [6, 6.07) is 12.6. The summed E-state index contributed by atoms with van der Waals surface area (Å²) in [4.78, 5) is 69.9. The first kappa shape index (κ1) is 48.4. The molecule has 1 amide bonds. The minimum Gasteiger partial charge on any atom is -0.507 e. The zero-order chi connectivity index (χ0) is 51.9. The van der Waals surface area contributed by atoms with Crippen molar-refractivity contribution in [3.8, 4) is 22.7 Å². The number of H-pyrrole nitrogens is 1. The highest BCUT2D eigenvalue weighted by Gasteiger charge is 2.35. The molecule has 8 aromatic rings. The van der Waals surface area contributed by atoms with Crippen molar-refractivity contribution >= 4 is 51.3 Å². The fraction of sp³-hybridized carbons (Fsp3) is 0.389. The summed E-state index contributed by atoms with van der Waals surface area (Å²) in [6.07, 6.45) is 5.66. The number of anilines is 3. The molecule has 3 aliphatic rings. The van der Waals surface area contributed by atoms with Gasteiger partial charge < -0.3 is 35.0 Å². The van der Waals surface area contributed by atoms with Crippen molar-refractivity contribution in [3.05, 3.63) is 123 Å². The third kappa shape index (κ3) is 8.83. The number of pyridine rings is 2. The number of hydrogen-bond donors (Lipinski definition) is 3. The first-order valence-electron chi connectivity index (χ1n) is 25.3. The summed E-state index contributed by atoms with van der Waals surface area (Å²) in [7, 11) is 0. The Balaban J connectivity index is 0.934. The van der Waals surface area contributed by atoms with E-state index in [9.17, 15) is 14.7 Å². The Kier molecular flexibility index (Phi) is 12.3. The number of aromatic amines is 1. The van der Waals surface area contributed by atoms with Crippen molar-refractivity contribution in [2.24, 2.45) is 0 Å². The Bertz CT molecular complexity index is 3570. The highest BCUT2D eigenvalue weighted by Crippen LogP contribution is 2.43. The number of amides is 1. The summed E-state index contributed by atoms with van der Waals surface area (Å²) >= 11 is 0. The number of benzene rings is 2.